The van der Waals surface area contributed by atoms with Gasteiger partial charge in [-0.25, -0.2) is 9.59 Å². The smallest absolute Gasteiger partial charge is 0.348 e. The first-order chi connectivity index (χ1) is 13.7. The molecular formula is C21H16Br2O4S2. The number of carbonyl (C=O) groups is 2. The Hall–Kier alpha value is -1.74. The van der Waals surface area contributed by atoms with Gasteiger partial charge in [0, 0.05) is 18.3 Å². The van der Waals surface area contributed by atoms with Gasteiger partial charge >= 0.3 is 11.9 Å². The fourth-order valence-electron chi connectivity index (χ4n) is 2.81. The first-order valence-electron chi connectivity index (χ1n) is 8.40. The molecule has 0 atom stereocenters. The normalized spacial score (nSPS) is 10.7. The SMILES string of the molecule is COC(=O)c1cc2cc(C)cc(Br)c2s1.Cc1cc(Br)c2sc(C(=O)O)cc2c1. The average Bonchev–Trinajstić information content (AvgIpc) is 3.26. The second-order valence-corrected chi connectivity index (χ2v) is 10.2. The van der Waals surface area contributed by atoms with E-state index in [9.17, 15) is 9.59 Å². The molecule has 0 aliphatic rings. The van der Waals surface area contributed by atoms with Crippen LogP contribution >= 0.6 is 54.5 Å². The summed E-state index contributed by atoms with van der Waals surface area (Å²) in [5.74, 6) is -1.14. The highest BCUT2D eigenvalue weighted by molar-refractivity contribution is 9.11. The van der Waals surface area contributed by atoms with Crippen molar-refractivity contribution in [2.24, 2.45) is 0 Å². The third kappa shape index (κ3) is 4.88. The van der Waals surface area contributed by atoms with E-state index >= 15 is 0 Å². The Labute approximate surface area is 192 Å². The first-order valence-corrected chi connectivity index (χ1v) is 11.6. The number of rotatable bonds is 2. The number of fused-ring (bicyclic) bond motifs is 2. The topological polar surface area (TPSA) is 63.6 Å². The molecule has 0 aliphatic heterocycles. The summed E-state index contributed by atoms with van der Waals surface area (Å²) >= 11 is 9.66. The molecule has 0 saturated carbocycles. The predicted octanol–water partition coefficient (Wildman–Crippen LogP) is 7.43. The van der Waals surface area contributed by atoms with Gasteiger partial charge in [0.2, 0.25) is 0 Å². The molecule has 29 heavy (non-hydrogen) atoms. The van der Waals surface area contributed by atoms with E-state index in [0.29, 0.717) is 9.75 Å². The van der Waals surface area contributed by atoms with Gasteiger partial charge in [0.05, 0.1) is 7.11 Å². The number of aromatic carboxylic acids is 1. The number of hydrogen-bond donors (Lipinski definition) is 1. The number of hydrogen-bond acceptors (Lipinski definition) is 5. The van der Waals surface area contributed by atoms with Gasteiger partial charge in [0.25, 0.3) is 0 Å². The van der Waals surface area contributed by atoms with Gasteiger partial charge in [-0.15, -0.1) is 22.7 Å². The second-order valence-electron chi connectivity index (χ2n) is 6.35. The Morgan fingerprint density at radius 3 is 1.72 bits per heavy atom. The van der Waals surface area contributed by atoms with Gasteiger partial charge in [-0.3, -0.25) is 0 Å². The fourth-order valence-corrected chi connectivity index (χ4v) is 6.32. The number of esters is 1. The van der Waals surface area contributed by atoms with Gasteiger partial charge < -0.3 is 9.84 Å². The Bertz CT molecular complexity index is 1240. The van der Waals surface area contributed by atoms with Crippen molar-refractivity contribution in [3.63, 3.8) is 0 Å². The zero-order valence-corrected chi connectivity index (χ0v) is 20.5. The average molecular weight is 556 g/mol. The molecule has 4 nitrogen and oxygen atoms in total. The maximum Gasteiger partial charge on any atom is 0.348 e. The van der Waals surface area contributed by atoms with Crippen LogP contribution in [0.2, 0.25) is 0 Å². The predicted molar refractivity (Wildman–Crippen MR) is 127 cm³/mol. The molecule has 150 valence electrons. The molecule has 2 aromatic carbocycles. The Morgan fingerprint density at radius 1 is 0.828 bits per heavy atom. The van der Waals surface area contributed by atoms with Gasteiger partial charge in [-0.1, -0.05) is 12.1 Å². The molecule has 0 saturated heterocycles. The Balaban J connectivity index is 0.000000166. The lowest BCUT2D eigenvalue weighted by atomic mass is 10.2. The van der Waals surface area contributed by atoms with Crippen molar-refractivity contribution < 1.29 is 19.4 Å². The minimum atomic E-state index is -0.865. The van der Waals surface area contributed by atoms with Crippen LogP contribution in [-0.2, 0) is 4.74 Å². The van der Waals surface area contributed by atoms with Crippen LogP contribution in [0, 0.1) is 13.8 Å². The number of methoxy groups -OCH3 is 1. The van der Waals surface area contributed by atoms with Crippen molar-refractivity contribution in [3.8, 4) is 0 Å². The quantitative estimate of drug-likeness (QED) is 0.261. The van der Waals surface area contributed by atoms with E-state index in [2.05, 4.69) is 37.9 Å². The first kappa shape index (κ1) is 22.0. The standard InChI is InChI=1S/C11H9BrO2S.C10H7BrO2S/c1-6-3-7-5-9(11(13)14-2)15-10(7)8(12)4-6;1-5-2-6-4-8(10(12)13)14-9(6)7(11)3-5/h3-5H,1-2H3;2-4H,1H3,(H,12,13). The molecule has 0 spiro atoms. The lowest BCUT2D eigenvalue weighted by molar-refractivity contribution is 0.0605. The van der Waals surface area contributed by atoms with Crippen LogP contribution in [-0.4, -0.2) is 24.2 Å². The molecule has 0 unspecified atom stereocenters. The number of carbonyl (C=O) groups excluding carboxylic acids is 1. The molecule has 2 aromatic heterocycles. The van der Waals surface area contributed by atoms with Crippen LogP contribution < -0.4 is 0 Å². The molecule has 0 radical (unpaired) electrons. The summed E-state index contributed by atoms with van der Waals surface area (Å²) in [6.45, 7) is 4.02. The Kier molecular flexibility index (Phi) is 6.78. The molecule has 0 fully saturated rings. The molecule has 2 heterocycles. The highest BCUT2D eigenvalue weighted by Gasteiger charge is 2.12. The van der Waals surface area contributed by atoms with E-state index in [1.165, 1.54) is 35.3 Å². The third-order valence-corrected chi connectivity index (χ3v) is 8.14. The van der Waals surface area contributed by atoms with Crippen LogP contribution in [0.4, 0.5) is 0 Å². The van der Waals surface area contributed by atoms with Crippen molar-refractivity contribution in [1.29, 1.82) is 0 Å². The number of ether oxygens (including phenoxy) is 1. The summed E-state index contributed by atoms with van der Waals surface area (Å²) in [6.07, 6.45) is 0. The van der Waals surface area contributed by atoms with E-state index in [4.69, 9.17) is 9.84 Å². The van der Waals surface area contributed by atoms with E-state index in [-0.39, 0.29) is 5.97 Å². The molecule has 0 amide bonds. The van der Waals surface area contributed by atoms with Crippen molar-refractivity contribution in [3.05, 3.63) is 66.2 Å². The minimum absolute atomic E-state index is 0.277. The monoisotopic (exact) mass is 554 g/mol. The van der Waals surface area contributed by atoms with Crippen molar-refractivity contribution in [2.45, 2.75) is 13.8 Å². The number of benzene rings is 2. The maximum absolute atomic E-state index is 11.4. The van der Waals surface area contributed by atoms with Crippen LogP contribution in [0.3, 0.4) is 0 Å². The highest BCUT2D eigenvalue weighted by Crippen LogP contribution is 2.34. The summed E-state index contributed by atoms with van der Waals surface area (Å²) in [5.41, 5.74) is 2.29. The van der Waals surface area contributed by atoms with Crippen molar-refractivity contribution >= 4 is 86.6 Å². The van der Waals surface area contributed by atoms with E-state index in [0.717, 1.165) is 34.7 Å². The minimum Gasteiger partial charge on any atom is -0.477 e. The molecule has 0 aliphatic carbocycles. The van der Waals surface area contributed by atoms with Gasteiger partial charge in [0.15, 0.2) is 0 Å². The zero-order chi connectivity index (χ0) is 21.3. The largest absolute Gasteiger partial charge is 0.477 e. The van der Waals surface area contributed by atoms with Gasteiger partial charge in [-0.2, -0.15) is 0 Å². The van der Waals surface area contributed by atoms with Crippen molar-refractivity contribution in [1.82, 2.24) is 0 Å². The van der Waals surface area contributed by atoms with Crippen LogP contribution in [0.5, 0.6) is 0 Å². The van der Waals surface area contributed by atoms with Gasteiger partial charge in [-0.05, 0) is 91.9 Å². The molecule has 4 rings (SSSR count). The summed E-state index contributed by atoms with van der Waals surface area (Å²) in [5, 5.41) is 10.9. The molecule has 1 N–H and O–H groups in total. The third-order valence-electron chi connectivity index (χ3n) is 4.03. The molecule has 4 aromatic rings. The van der Waals surface area contributed by atoms with Crippen LogP contribution in [0.25, 0.3) is 20.2 Å². The maximum atomic E-state index is 11.4. The van der Waals surface area contributed by atoms with E-state index in [1.54, 1.807) is 6.07 Å². The molecule has 0 bridgehead atoms. The number of carboxylic acid groups (broad SMARTS) is 1. The van der Waals surface area contributed by atoms with E-state index < -0.39 is 5.97 Å². The number of aryl methyl sites for hydroxylation is 2. The van der Waals surface area contributed by atoms with Gasteiger partial charge in [0.1, 0.15) is 9.75 Å². The molecular weight excluding hydrogens is 540 g/mol. The van der Waals surface area contributed by atoms with Crippen LogP contribution in [0.1, 0.15) is 30.5 Å². The lowest BCUT2D eigenvalue weighted by Gasteiger charge is -1.95. The number of halogens is 2. The lowest BCUT2D eigenvalue weighted by Crippen LogP contribution is -1.96. The highest BCUT2D eigenvalue weighted by atomic mass is 79.9. The van der Waals surface area contributed by atoms with Crippen molar-refractivity contribution in [2.75, 3.05) is 7.11 Å². The second kappa shape index (κ2) is 8.95. The zero-order valence-electron chi connectivity index (χ0n) is 15.7. The summed E-state index contributed by atoms with van der Waals surface area (Å²) in [4.78, 5) is 23.1. The Morgan fingerprint density at radius 2 is 1.28 bits per heavy atom. The summed E-state index contributed by atoms with van der Waals surface area (Å²) in [7, 11) is 1.40. The number of carboxylic acids is 1. The van der Waals surface area contributed by atoms with E-state index in [1.807, 2.05) is 38.1 Å². The summed E-state index contributed by atoms with van der Waals surface area (Å²) in [6, 6.07) is 11.7. The van der Waals surface area contributed by atoms with Crippen LogP contribution in [0.15, 0.2) is 45.3 Å². The number of thiophene rings is 2. The molecule has 8 heteroatoms. The summed E-state index contributed by atoms with van der Waals surface area (Å²) < 4.78 is 8.76. The fraction of sp³-hybridized carbons (Fsp3) is 0.143.